The Bertz CT molecular complexity index is 327. The van der Waals surface area contributed by atoms with E-state index in [-0.39, 0.29) is 12.5 Å². The Kier molecular flexibility index (Phi) is 4.19. The largest absolute Gasteiger partial charge is 0.480 e. The summed E-state index contributed by atoms with van der Waals surface area (Å²) in [6.45, 7) is 4.27. The van der Waals surface area contributed by atoms with Gasteiger partial charge < -0.3 is 14.9 Å². The maximum absolute atomic E-state index is 12.1. The highest BCUT2D eigenvalue weighted by molar-refractivity contribution is 5.80. The lowest BCUT2D eigenvalue weighted by atomic mass is 10.2. The number of rotatable bonds is 3. The van der Waals surface area contributed by atoms with E-state index in [1.54, 1.807) is 4.90 Å². The van der Waals surface area contributed by atoms with Crippen LogP contribution in [-0.2, 0) is 9.59 Å². The van der Waals surface area contributed by atoms with Gasteiger partial charge in [-0.15, -0.1) is 0 Å². The molecule has 18 heavy (non-hydrogen) atoms. The van der Waals surface area contributed by atoms with Crippen molar-refractivity contribution < 1.29 is 14.7 Å². The summed E-state index contributed by atoms with van der Waals surface area (Å²) in [5.74, 6) is -0.741. The van der Waals surface area contributed by atoms with Crippen LogP contribution >= 0.6 is 0 Å². The average Bonchev–Trinajstić information content (AvgIpc) is 2.78. The van der Waals surface area contributed by atoms with Crippen LogP contribution in [0.5, 0.6) is 0 Å². The number of amides is 1. The van der Waals surface area contributed by atoms with Gasteiger partial charge in [0.1, 0.15) is 6.04 Å². The number of nitrogens with zero attached hydrogens (tertiary/aromatic N) is 3. The molecular weight excluding hydrogens is 234 g/mol. The first-order valence-electron chi connectivity index (χ1n) is 6.51. The van der Waals surface area contributed by atoms with E-state index >= 15 is 0 Å². The Morgan fingerprint density at radius 2 is 1.83 bits per heavy atom. The Balaban J connectivity index is 1.85. The first-order valence-corrected chi connectivity index (χ1v) is 6.51. The van der Waals surface area contributed by atoms with Crippen molar-refractivity contribution in [1.29, 1.82) is 0 Å². The fraction of sp³-hybridized carbons (Fsp3) is 0.833. The predicted molar refractivity (Wildman–Crippen MR) is 66.3 cm³/mol. The number of carboxylic acid groups (broad SMARTS) is 1. The van der Waals surface area contributed by atoms with Crippen LogP contribution in [0.4, 0.5) is 0 Å². The molecule has 2 heterocycles. The quantitative estimate of drug-likeness (QED) is 0.723. The number of likely N-dealkylation sites (tertiary alicyclic amines) is 1. The lowest BCUT2D eigenvalue weighted by Gasteiger charge is -2.33. The van der Waals surface area contributed by atoms with Crippen molar-refractivity contribution in [1.82, 2.24) is 14.7 Å². The molecule has 0 aromatic heterocycles. The van der Waals surface area contributed by atoms with Gasteiger partial charge in [0.15, 0.2) is 0 Å². The van der Waals surface area contributed by atoms with Gasteiger partial charge in [0, 0.05) is 26.2 Å². The van der Waals surface area contributed by atoms with E-state index in [1.165, 1.54) is 0 Å². The van der Waals surface area contributed by atoms with E-state index in [0.717, 1.165) is 39.1 Å². The van der Waals surface area contributed by atoms with Crippen LogP contribution in [0.2, 0.25) is 0 Å². The molecule has 0 saturated carbocycles. The molecule has 1 N–H and O–H groups in total. The fourth-order valence-corrected chi connectivity index (χ4v) is 2.62. The van der Waals surface area contributed by atoms with Gasteiger partial charge >= 0.3 is 5.97 Å². The summed E-state index contributed by atoms with van der Waals surface area (Å²) in [6, 6.07) is -0.471. The Morgan fingerprint density at radius 3 is 2.44 bits per heavy atom. The molecule has 0 aromatic carbocycles. The van der Waals surface area contributed by atoms with Crippen molar-refractivity contribution in [3.05, 3.63) is 0 Å². The van der Waals surface area contributed by atoms with Crippen LogP contribution in [0, 0.1) is 0 Å². The molecule has 6 nitrogen and oxygen atoms in total. The van der Waals surface area contributed by atoms with Crippen molar-refractivity contribution in [2.75, 3.05) is 46.3 Å². The Hall–Kier alpha value is -1.14. The summed E-state index contributed by atoms with van der Waals surface area (Å²) < 4.78 is 0. The van der Waals surface area contributed by atoms with Crippen LogP contribution in [0.3, 0.4) is 0 Å². The first-order chi connectivity index (χ1) is 8.58. The highest BCUT2D eigenvalue weighted by Gasteiger charge is 2.32. The number of carbonyl (C=O) groups excluding carboxylic acids is 1. The lowest BCUT2D eigenvalue weighted by Crippen LogP contribution is -2.51. The van der Waals surface area contributed by atoms with E-state index in [9.17, 15) is 9.59 Å². The molecule has 1 atom stereocenters. The summed E-state index contributed by atoms with van der Waals surface area (Å²) in [5.41, 5.74) is 0. The fourth-order valence-electron chi connectivity index (χ4n) is 2.62. The molecule has 0 spiro atoms. The van der Waals surface area contributed by atoms with Crippen LogP contribution in [0.1, 0.15) is 12.8 Å². The highest BCUT2D eigenvalue weighted by atomic mass is 16.4. The van der Waals surface area contributed by atoms with Crippen LogP contribution in [0.15, 0.2) is 0 Å². The van der Waals surface area contributed by atoms with Gasteiger partial charge in [-0.2, -0.15) is 0 Å². The SMILES string of the molecule is CN1CCN(C(=O)CN2CCCC2C(=O)O)CC1. The predicted octanol–water partition coefficient (Wildman–Crippen LogP) is -0.691. The van der Waals surface area contributed by atoms with Gasteiger partial charge in [-0.1, -0.05) is 0 Å². The van der Waals surface area contributed by atoms with Gasteiger partial charge in [0.25, 0.3) is 0 Å². The van der Waals surface area contributed by atoms with Crippen molar-refractivity contribution >= 4 is 11.9 Å². The Morgan fingerprint density at radius 1 is 1.17 bits per heavy atom. The molecule has 2 fully saturated rings. The molecule has 102 valence electrons. The summed E-state index contributed by atoms with van der Waals surface area (Å²) >= 11 is 0. The van der Waals surface area contributed by atoms with E-state index < -0.39 is 12.0 Å². The normalized spacial score (nSPS) is 26.5. The first kappa shape index (κ1) is 13.3. The van der Waals surface area contributed by atoms with Gasteiger partial charge in [0.05, 0.1) is 6.54 Å². The highest BCUT2D eigenvalue weighted by Crippen LogP contribution is 2.17. The van der Waals surface area contributed by atoms with Gasteiger partial charge in [-0.05, 0) is 26.4 Å². The van der Waals surface area contributed by atoms with Crippen LogP contribution in [-0.4, -0.2) is 84.0 Å². The number of likely N-dealkylation sites (N-methyl/N-ethyl adjacent to an activating group) is 1. The molecule has 2 rings (SSSR count). The number of piperazine rings is 1. The molecule has 0 bridgehead atoms. The summed E-state index contributed by atoms with van der Waals surface area (Å²) in [6.07, 6.45) is 1.53. The third-order valence-electron chi connectivity index (χ3n) is 3.84. The zero-order valence-corrected chi connectivity index (χ0v) is 10.8. The minimum Gasteiger partial charge on any atom is -0.480 e. The molecular formula is C12H21N3O3. The number of aliphatic carboxylic acids is 1. The van der Waals surface area contributed by atoms with Gasteiger partial charge in [0.2, 0.25) is 5.91 Å². The van der Waals surface area contributed by atoms with Crippen molar-refractivity contribution in [2.24, 2.45) is 0 Å². The number of hydrogen-bond donors (Lipinski definition) is 1. The second-order valence-electron chi connectivity index (χ2n) is 5.15. The smallest absolute Gasteiger partial charge is 0.320 e. The van der Waals surface area contributed by atoms with E-state index in [1.807, 2.05) is 11.9 Å². The maximum atomic E-state index is 12.1. The average molecular weight is 255 g/mol. The van der Waals surface area contributed by atoms with E-state index in [4.69, 9.17) is 5.11 Å². The molecule has 2 aliphatic heterocycles. The third kappa shape index (κ3) is 3.00. The van der Waals surface area contributed by atoms with E-state index in [0.29, 0.717) is 6.42 Å². The van der Waals surface area contributed by atoms with Crippen molar-refractivity contribution in [2.45, 2.75) is 18.9 Å². The van der Waals surface area contributed by atoms with Crippen LogP contribution in [0.25, 0.3) is 0 Å². The number of carboxylic acids is 1. The van der Waals surface area contributed by atoms with Gasteiger partial charge in [-0.25, -0.2) is 0 Å². The molecule has 0 aromatic rings. The zero-order valence-electron chi connectivity index (χ0n) is 10.8. The number of hydrogen-bond acceptors (Lipinski definition) is 4. The molecule has 1 unspecified atom stereocenters. The minimum absolute atomic E-state index is 0.0660. The maximum Gasteiger partial charge on any atom is 0.320 e. The molecule has 1 amide bonds. The third-order valence-corrected chi connectivity index (χ3v) is 3.84. The van der Waals surface area contributed by atoms with Gasteiger partial charge in [-0.3, -0.25) is 14.5 Å². The summed E-state index contributed by atoms with van der Waals surface area (Å²) in [4.78, 5) is 29.0. The lowest BCUT2D eigenvalue weighted by molar-refractivity contribution is -0.143. The topological polar surface area (TPSA) is 64.1 Å². The number of carbonyl (C=O) groups is 2. The second kappa shape index (κ2) is 5.67. The molecule has 0 radical (unpaired) electrons. The molecule has 6 heteroatoms. The van der Waals surface area contributed by atoms with Crippen molar-refractivity contribution in [3.8, 4) is 0 Å². The second-order valence-corrected chi connectivity index (χ2v) is 5.15. The summed E-state index contributed by atoms with van der Waals surface area (Å²) in [5, 5.41) is 9.07. The molecule has 2 saturated heterocycles. The van der Waals surface area contributed by atoms with E-state index in [2.05, 4.69) is 4.90 Å². The zero-order chi connectivity index (χ0) is 13.1. The molecule has 0 aliphatic carbocycles. The monoisotopic (exact) mass is 255 g/mol. The summed E-state index contributed by atoms with van der Waals surface area (Å²) in [7, 11) is 2.04. The molecule has 2 aliphatic rings. The Labute approximate surface area is 107 Å². The van der Waals surface area contributed by atoms with Crippen molar-refractivity contribution in [3.63, 3.8) is 0 Å². The minimum atomic E-state index is -0.807. The standard InChI is InChI=1S/C12H21N3O3/c1-13-5-7-14(8-6-13)11(16)9-15-4-2-3-10(15)12(17)18/h10H,2-9H2,1H3,(H,17,18). The van der Waals surface area contributed by atoms with Crippen LogP contribution < -0.4 is 0 Å².